The molecule has 1 saturated heterocycles. The van der Waals surface area contributed by atoms with E-state index in [1.54, 1.807) is 24.3 Å². The van der Waals surface area contributed by atoms with Crippen molar-refractivity contribution in [1.29, 1.82) is 0 Å². The monoisotopic (exact) mass is 614 g/mol. The van der Waals surface area contributed by atoms with Crippen molar-refractivity contribution in [3.63, 3.8) is 0 Å². The first-order chi connectivity index (χ1) is 20.8. The topological polar surface area (TPSA) is 71.0 Å². The normalized spacial score (nSPS) is 20.7. The van der Waals surface area contributed by atoms with Gasteiger partial charge in [0.15, 0.2) is 6.10 Å². The highest BCUT2D eigenvalue weighted by molar-refractivity contribution is 5.73. The lowest BCUT2D eigenvalue weighted by atomic mass is 9.87. The number of carboxylic acids is 1. The lowest BCUT2D eigenvalue weighted by Crippen LogP contribution is -2.33. The molecule has 0 spiro atoms. The fraction of sp³-hybridized carbons (Fsp3) is 0.441. The molecule has 0 amide bonds. The first-order valence-corrected chi connectivity index (χ1v) is 14.8. The highest BCUT2D eigenvalue weighted by Gasteiger charge is 2.55. The molecule has 2 N–H and O–H groups in total. The maximum Gasteiger partial charge on any atom is 0.416 e. The van der Waals surface area contributed by atoms with Gasteiger partial charge in [-0.25, -0.2) is 9.18 Å². The molecule has 2 aliphatic rings. The minimum Gasteiger partial charge on any atom is -0.492 e. The van der Waals surface area contributed by atoms with E-state index < -0.39 is 29.6 Å². The molecule has 44 heavy (non-hydrogen) atoms. The van der Waals surface area contributed by atoms with Crippen LogP contribution in [0, 0.1) is 17.7 Å². The van der Waals surface area contributed by atoms with Crippen molar-refractivity contribution < 1.29 is 36.9 Å². The van der Waals surface area contributed by atoms with E-state index in [1.165, 1.54) is 0 Å². The lowest BCUT2D eigenvalue weighted by molar-refractivity contribution is -0.145. The molecular weight excluding hydrogens is 576 g/mol. The van der Waals surface area contributed by atoms with Crippen LogP contribution in [0.5, 0.6) is 11.5 Å². The van der Waals surface area contributed by atoms with Gasteiger partial charge in [0.05, 0.1) is 5.56 Å². The number of benzene rings is 3. The van der Waals surface area contributed by atoms with Crippen molar-refractivity contribution in [2.75, 3.05) is 26.2 Å². The summed E-state index contributed by atoms with van der Waals surface area (Å²) in [4.78, 5) is 13.8. The van der Waals surface area contributed by atoms with Crippen LogP contribution >= 0.6 is 0 Å². The number of nitrogens with zero attached hydrogens (tertiary/aromatic N) is 1. The molecule has 0 aromatic heterocycles. The van der Waals surface area contributed by atoms with Crippen molar-refractivity contribution in [2.45, 2.75) is 57.5 Å². The number of halogens is 4. The van der Waals surface area contributed by atoms with Crippen LogP contribution < -0.4 is 14.8 Å². The number of hydrogen-bond acceptors (Lipinski definition) is 5. The third-order valence-corrected chi connectivity index (χ3v) is 8.41. The zero-order chi connectivity index (χ0) is 31.6. The number of carboxylic acid groups (broad SMARTS) is 1. The summed E-state index contributed by atoms with van der Waals surface area (Å²) in [5.74, 6) is 0.189. The van der Waals surface area contributed by atoms with E-state index in [2.05, 4.69) is 26.1 Å². The second-order valence-corrected chi connectivity index (χ2v) is 12.7. The minimum atomic E-state index is -4.51. The standard InChI is InChI=1S/C34H38F4N2O4/c1-33(2,3)23-6-11-26(12-7-23)44-30(32(41)42)16-21-4-9-25(10-5-21)43-15-14-39-31-27-19-40(20-28(27)31)18-22-17-24(35)8-13-29(22)34(36,37)38/h4-13,17,27-28,30-31,39H,14-16,18-20H2,1-3H3,(H,41,42)/t27-,28?,30-,31?/m0/s1. The van der Waals surface area contributed by atoms with Crippen LogP contribution in [0.25, 0.3) is 0 Å². The molecule has 2 unspecified atom stereocenters. The van der Waals surface area contributed by atoms with Gasteiger partial charge < -0.3 is 19.9 Å². The van der Waals surface area contributed by atoms with Gasteiger partial charge in [-0.1, -0.05) is 45.0 Å². The molecule has 4 atom stereocenters. The third kappa shape index (κ3) is 7.90. The highest BCUT2D eigenvalue weighted by Crippen LogP contribution is 2.46. The summed E-state index contributed by atoms with van der Waals surface area (Å²) in [5, 5.41) is 13.2. The van der Waals surface area contributed by atoms with Gasteiger partial charge >= 0.3 is 12.1 Å². The van der Waals surface area contributed by atoms with Gasteiger partial charge in [0, 0.05) is 38.6 Å². The molecule has 6 nitrogen and oxygen atoms in total. The maximum absolute atomic E-state index is 13.6. The van der Waals surface area contributed by atoms with E-state index in [0.717, 1.165) is 29.3 Å². The molecule has 1 saturated carbocycles. The van der Waals surface area contributed by atoms with E-state index in [-0.39, 0.29) is 23.9 Å². The summed E-state index contributed by atoms with van der Waals surface area (Å²) < 4.78 is 65.2. The Bertz CT molecular complexity index is 1430. The second kappa shape index (κ2) is 12.8. The van der Waals surface area contributed by atoms with Crippen molar-refractivity contribution in [3.05, 3.63) is 94.8 Å². The van der Waals surface area contributed by atoms with Gasteiger partial charge in [-0.2, -0.15) is 13.2 Å². The molecule has 1 heterocycles. The van der Waals surface area contributed by atoms with Crippen molar-refractivity contribution in [1.82, 2.24) is 10.2 Å². The lowest BCUT2D eigenvalue weighted by Gasteiger charge is -2.22. The first-order valence-electron chi connectivity index (χ1n) is 14.8. The van der Waals surface area contributed by atoms with Gasteiger partial charge in [0.1, 0.15) is 23.9 Å². The smallest absolute Gasteiger partial charge is 0.416 e. The predicted molar refractivity (Wildman–Crippen MR) is 158 cm³/mol. The Balaban J connectivity index is 1.02. The maximum atomic E-state index is 13.6. The summed E-state index contributed by atoms with van der Waals surface area (Å²) in [6.45, 7) is 8.80. The van der Waals surface area contributed by atoms with Crippen molar-refractivity contribution >= 4 is 5.97 Å². The fourth-order valence-electron chi connectivity index (χ4n) is 5.96. The number of nitrogens with one attached hydrogen (secondary N) is 1. The van der Waals surface area contributed by atoms with E-state index in [9.17, 15) is 27.5 Å². The van der Waals surface area contributed by atoms with E-state index >= 15 is 0 Å². The highest BCUT2D eigenvalue weighted by atomic mass is 19.4. The zero-order valence-corrected chi connectivity index (χ0v) is 25.0. The third-order valence-electron chi connectivity index (χ3n) is 8.41. The Morgan fingerprint density at radius 3 is 2.20 bits per heavy atom. The quantitative estimate of drug-likeness (QED) is 0.184. The molecule has 3 aromatic carbocycles. The Kier molecular flexibility index (Phi) is 9.23. The van der Waals surface area contributed by atoms with Crippen molar-refractivity contribution in [2.24, 2.45) is 11.8 Å². The molecule has 236 valence electrons. The SMILES string of the molecule is CC(C)(C)c1ccc(O[C@@H](Cc2ccc(OCCNC3C4CN(Cc5cc(F)ccc5C(F)(F)F)C[C@@H]43)cc2)C(=O)O)cc1. The number of piperidine rings is 1. The largest absolute Gasteiger partial charge is 0.492 e. The summed E-state index contributed by atoms with van der Waals surface area (Å²) in [7, 11) is 0. The van der Waals surface area contributed by atoms with Crippen LogP contribution in [0.2, 0.25) is 0 Å². The van der Waals surface area contributed by atoms with Crippen molar-refractivity contribution in [3.8, 4) is 11.5 Å². The van der Waals surface area contributed by atoms with Gasteiger partial charge in [0.25, 0.3) is 0 Å². The molecule has 1 aliphatic heterocycles. The van der Waals surface area contributed by atoms with Gasteiger partial charge in [-0.05, 0) is 76.4 Å². The van der Waals surface area contributed by atoms with Crippen LogP contribution in [-0.4, -0.2) is 54.4 Å². The van der Waals surface area contributed by atoms with Crippen LogP contribution in [0.3, 0.4) is 0 Å². The summed E-state index contributed by atoms with van der Waals surface area (Å²) in [6, 6.07) is 17.7. The average molecular weight is 615 g/mol. The number of ether oxygens (including phenoxy) is 2. The van der Waals surface area contributed by atoms with Crippen LogP contribution in [0.1, 0.15) is 43.0 Å². The number of hydrogen-bond donors (Lipinski definition) is 2. The number of aliphatic carboxylic acids is 1. The van der Waals surface area contributed by atoms with Gasteiger partial charge in [-0.15, -0.1) is 0 Å². The van der Waals surface area contributed by atoms with Gasteiger partial charge in [-0.3, -0.25) is 4.90 Å². The number of alkyl halides is 3. The van der Waals surface area contributed by atoms with E-state index in [4.69, 9.17) is 9.47 Å². The van der Waals surface area contributed by atoms with Crippen LogP contribution in [-0.2, 0) is 29.4 Å². The molecule has 2 fully saturated rings. The number of carbonyl (C=O) groups is 1. The minimum absolute atomic E-state index is 0.00814. The summed E-state index contributed by atoms with van der Waals surface area (Å²) >= 11 is 0. The van der Waals surface area contributed by atoms with Crippen LogP contribution in [0.4, 0.5) is 17.6 Å². The molecule has 10 heteroatoms. The summed E-state index contributed by atoms with van der Waals surface area (Å²) in [6.07, 6.45) is -5.33. The Morgan fingerprint density at radius 1 is 0.977 bits per heavy atom. The number of fused-ring (bicyclic) bond motifs is 1. The second-order valence-electron chi connectivity index (χ2n) is 12.7. The molecule has 5 rings (SSSR count). The molecule has 1 aliphatic carbocycles. The Labute approximate surface area is 255 Å². The average Bonchev–Trinajstić information content (AvgIpc) is 3.40. The number of rotatable bonds is 12. The molecule has 3 aromatic rings. The van der Waals surface area contributed by atoms with E-state index in [1.807, 2.05) is 29.2 Å². The Morgan fingerprint density at radius 2 is 1.61 bits per heavy atom. The van der Waals surface area contributed by atoms with Gasteiger partial charge in [0.2, 0.25) is 0 Å². The fourth-order valence-corrected chi connectivity index (χ4v) is 5.96. The zero-order valence-electron chi connectivity index (χ0n) is 25.0. The summed E-state index contributed by atoms with van der Waals surface area (Å²) in [5.41, 5.74) is 1.13. The van der Waals surface area contributed by atoms with E-state index in [0.29, 0.717) is 55.6 Å². The molecular formula is C34H38F4N2O4. The predicted octanol–water partition coefficient (Wildman–Crippen LogP) is 6.32. The first kappa shape index (κ1) is 31.8. The number of likely N-dealkylation sites (tertiary alicyclic amines) is 1. The van der Waals surface area contributed by atoms with Crippen LogP contribution in [0.15, 0.2) is 66.7 Å². The Hall–Kier alpha value is -3.63. The molecule has 0 radical (unpaired) electrons. The molecule has 0 bridgehead atoms.